The molecule has 1 fully saturated rings. The molecule has 1 aliphatic rings. The van der Waals surface area contributed by atoms with E-state index < -0.39 is 28.6 Å². The van der Waals surface area contributed by atoms with Crippen molar-refractivity contribution in [3.8, 4) is 0 Å². The van der Waals surface area contributed by atoms with Crippen LogP contribution in [-0.2, 0) is 13.9 Å². The third-order valence-corrected chi connectivity index (χ3v) is 13.5. The van der Waals surface area contributed by atoms with Gasteiger partial charge in [-0.2, -0.15) is 0 Å². The summed E-state index contributed by atoms with van der Waals surface area (Å²) in [6.45, 7) is 18.6. The van der Waals surface area contributed by atoms with E-state index in [1.807, 2.05) is 12.1 Å². The van der Waals surface area contributed by atoms with Crippen LogP contribution in [0.4, 0.5) is 0 Å². The van der Waals surface area contributed by atoms with Crippen LogP contribution in [0.5, 0.6) is 0 Å². The highest BCUT2D eigenvalue weighted by atomic mass is 28.4. The van der Waals surface area contributed by atoms with E-state index in [1.54, 1.807) is 6.08 Å². The van der Waals surface area contributed by atoms with E-state index in [9.17, 15) is 5.11 Å². The molecule has 4 atom stereocenters. The average Bonchev–Trinajstić information content (AvgIpc) is 2.78. The van der Waals surface area contributed by atoms with Crippen molar-refractivity contribution in [2.24, 2.45) is 5.92 Å². The third kappa shape index (κ3) is 5.81. The normalized spacial score (nSPS) is 23.4. The molecule has 0 unspecified atom stereocenters. The van der Waals surface area contributed by atoms with E-state index in [-0.39, 0.29) is 23.9 Å². The molecule has 0 radical (unpaired) electrons. The molecule has 1 saturated carbocycles. The first-order valence-corrected chi connectivity index (χ1v) is 17.9. The Morgan fingerprint density at radius 3 is 1.88 bits per heavy atom. The van der Waals surface area contributed by atoms with Crippen LogP contribution >= 0.6 is 0 Å². The van der Waals surface area contributed by atoms with Crippen LogP contribution in [0.25, 0.3) is 0 Å². The van der Waals surface area contributed by atoms with Crippen molar-refractivity contribution in [1.29, 1.82) is 0 Å². The van der Waals surface area contributed by atoms with E-state index >= 15 is 0 Å². The molecule has 186 valence electrons. The minimum absolute atomic E-state index is 0.152. The molecular formula is C28H42O4Si2. The van der Waals surface area contributed by atoms with E-state index in [0.717, 1.165) is 6.04 Å². The van der Waals surface area contributed by atoms with E-state index in [2.05, 4.69) is 95.5 Å². The van der Waals surface area contributed by atoms with Gasteiger partial charge >= 0.3 is 0 Å². The summed E-state index contributed by atoms with van der Waals surface area (Å²) in [5.74, 6) is -0.186. The zero-order valence-electron chi connectivity index (χ0n) is 21.7. The molecule has 4 nitrogen and oxygen atoms in total. The Kier molecular flexibility index (Phi) is 8.77. The van der Waals surface area contributed by atoms with Gasteiger partial charge in [0.2, 0.25) is 0 Å². The van der Waals surface area contributed by atoms with E-state index in [1.165, 1.54) is 10.4 Å². The largest absolute Gasteiger partial charge is 0.401 e. The average molecular weight is 499 g/mol. The van der Waals surface area contributed by atoms with Gasteiger partial charge in [-0.25, -0.2) is 0 Å². The third-order valence-electron chi connectivity index (χ3n) is 6.78. The summed E-state index contributed by atoms with van der Waals surface area (Å²) in [4.78, 5) is 0. The van der Waals surface area contributed by atoms with Gasteiger partial charge in [-0.3, -0.25) is 0 Å². The summed E-state index contributed by atoms with van der Waals surface area (Å²) >= 11 is 0. The molecule has 2 aromatic carbocycles. The van der Waals surface area contributed by atoms with Crippen molar-refractivity contribution in [3.05, 3.63) is 73.3 Å². The van der Waals surface area contributed by atoms with Crippen LogP contribution < -0.4 is 10.4 Å². The fourth-order valence-electron chi connectivity index (χ4n) is 4.75. The molecule has 34 heavy (non-hydrogen) atoms. The zero-order valence-corrected chi connectivity index (χ0v) is 23.7. The molecule has 1 aliphatic carbocycles. The first-order valence-electron chi connectivity index (χ1n) is 12.3. The van der Waals surface area contributed by atoms with Crippen LogP contribution in [0.3, 0.4) is 0 Å². The van der Waals surface area contributed by atoms with Gasteiger partial charge < -0.3 is 19.0 Å². The summed E-state index contributed by atoms with van der Waals surface area (Å²) < 4.78 is 19.1. The van der Waals surface area contributed by atoms with Crippen molar-refractivity contribution < 1.29 is 19.0 Å². The lowest BCUT2D eigenvalue weighted by Gasteiger charge is -2.53. The highest BCUT2D eigenvalue weighted by Gasteiger charge is 2.58. The van der Waals surface area contributed by atoms with E-state index in [4.69, 9.17) is 13.9 Å². The molecule has 0 spiro atoms. The van der Waals surface area contributed by atoms with Crippen LogP contribution in [0.1, 0.15) is 20.8 Å². The first-order chi connectivity index (χ1) is 16.0. The lowest BCUT2D eigenvalue weighted by atomic mass is 9.76. The maximum Gasteiger partial charge on any atom is 0.261 e. The zero-order chi connectivity index (χ0) is 25.0. The molecule has 0 saturated heterocycles. The van der Waals surface area contributed by atoms with Gasteiger partial charge in [0.1, 0.15) is 12.9 Å². The summed E-state index contributed by atoms with van der Waals surface area (Å²) in [5.41, 5.74) is 0. The lowest BCUT2D eigenvalue weighted by molar-refractivity contribution is -0.225. The Hall–Kier alpha value is -1.55. The number of hydrogen-bond donors (Lipinski definition) is 1. The topological polar surface area (TPSA) is 47.9 Å². The second-order valence-corrected chi connectivity index (χ2v) is 21.4. The fraction of sp³-hybridized carbons (Fsp3) is 0.500. The lowest BCUT2D eigenvalue weighted by Crippen LogP contribution is -2.73. The van der Waals surface area contributed by atoms with E-state index in [0.29, 0.717) is 6.61 Å². The molecule has 1 N–H and O–H groups in total. The molecule has 6 heteroatoms. The van der Waals surface area contributed by atoms with Crippen molar-refractivity contribution in [1.82, 2.24) is 0 Å². The maximum absolute atomic E-state index is 10.9. The fourth-order valence-corrected chi connectivity index (χ4v) is 10.2. The van der Waals surface area contributed by atoms with Crippen LogP contribution in [0.2, 0.25) is 30.7 Å². The monoisotopic (exact) mass is 498 g/mol. The Bertz CT molecular complexity index is 866. The minimum Gasteiger partial charge on any atom is -0.401 e. The molecule has 3 rings (SSSR count). The Balaban J connectivity index is 1.90. The molecule has 0 heterocycles. The van der Waals surface area contributed by atoms with Gasteiger partial charge in [0.15, 0.2) is 0 Å². The van der Waals surface area contributed by atoms with Gasteiger partial charge in [0.25, 0.3) is 8.32 Å². The molecule has 2 aromatic rings. The number of aliphatic hydroxyl groups excluding tert-OH is 1. The highest BCUT2D eigenvalue weighted by molar-refractivity contribution is 6.99. The smallest absolute Gasteiger partial charge is 0.261 e. The second kappa shape index (κ2) is 11.0. The highest BCUT2D eigenvalue weighted by Crippen LogP contribution is 2.43. The molecule has 0 aromatic heterocycles. The number of hydrogen-bond acceptors (Lipinski definition) is 4. The van der Waals surface area contributed by atoms with Gasteiger partial charge in [-0.1, -0.05) is 107 Å². The Morgan fingerprint density at radius 1 is 0.912 bits per heavy atom. The van der Waals surface area contributed by atoms with Gasteiger partial charge in [0, 0.05) is 20.6 Å². The van der Waals surface area contributed by atoms with Gasteiger partial charge in [0.05, 0.1) is 12.2 Å². The Labute approximate surface area is 208 Å². The van der Waals surface area contributed by atoms with Gasteiger partial charge in [-0.15, -0.1) is 6.58 Å². The molecule has 0 bridgehead atoms. The van der Waals surface area contributed by atoms with Crippen LogP contribution in [0.15, 0.2) is 73.3 Å². The van der Waals surface area contributed by atoms with Crippen molar-refractivity contribution in [3.63, 3.8) is 0 Å². The van der Waals surface area contributed by atoms with Crippen molar-refractivity contribution in [2.75, 3.05) is 13.4 Å². The molecule has 0 amide bonds. The Morgan fingerprint density at radius 2 is 1.44 bits per heavy atom. The number of rotatable bonds is 11. The second-order valence-electron chi connectivity index (χ2n) is 11.5. The first kappa shape index (κ1) is 27.0. The summed E-state index contributed by atoms with van der Waals surface area (Å²) in [7, 11) is -3.93. The summed E-state index contributed by atoms with van der Waals surface area (Å²) in [6.07, 6.45) is 0.413. The SMILES string of the molecule is C=C[C@H]1[C@@H](O)[C@@H](OCOCC[Si](C)(C)C)[C@@H]1O[Si](c1ccccc1)(c1ccccc1)C(C)(C)C. The summed E-state index contributed by atoms with van der Waals surface area (Å²) in [5, 5.41) is 13.1. The minimum atomic E-state index is -2.77. The number of ether oxygens (including phenoxy) is 2. The number of aliphatic hydroxyl groups is 1. The predicted molar refractivity (Wildman–Crippen MR) is 146 cm³/mol. The predicted octanol–water partition coefficient (Wildman–Crippen LogP) is 4.81. The molecular weight excluding hydrogens is 456 g/mol. The van der Waals surface area contributed by atoms with Crippen molar-refractivity contribution >= 4 is 26.8 Å². The van der Waals surface area contributed by atoms with Crippen molar-refractivity contribution in [2.45, 2.75) is 69.8 Å². The maximum atomic E-state index is 10.9. The quantitative estimate of drug-likeness (QED) is 0.209. The van der Waals surface area contributed by atoms with Gasteiger partial charge in [-0.05, 0) is 21.5 Å². The van der Waals surface area contributed by atoms with Crippen LogP contribution in [-0.4, -0.2) is 53.2 Å². The summed E-state index contributed by atoms with van der Waals surface area (Å²) in [6, 6.07) is 22.2. The standard InChI is InChI=1S/C28H42O4Si2/c1-8-24-25(29)27(31-21-30-19-20-33(5,6)7)26(24)32-34(28(2,3)4,22-15-11-9-12-16-22)23-17-13-10-14-18-23/h8-18,24-27,29H,1,19-21H2,2-7H3/t24-,25+,26+,27+/m0/s1. The van der Waals surface area contributed by atoms with Crippen LogP contribution in [0, 0.1) is 5.92 Å². The number of benzene rings is 2. The molecule has 0 aliphatic heterocycles.